The highest BCUT2D eigenvalue weighted by atomic mass is 35.5. The zero-order chi connectivity index (χ0) is 12.1. The van der Waals surface area contributed by atoms with E-state index in [4.69, 9.17) is 16.3 Å². The Morgan fingerprint density at radius 2 is 2.29 bits per heavy atom. The van der Waals surface area contributed by atoms with Gasteiger partial charge in [0.2, 0.25) is 0 Å². The van der Waals surface area contributed by atoms with Crippen LogP contribution in [0.15, 0.2) is 24.3 Å². The van der Waals surface area contributed by atoms with E-state index in [1.807, 2.05) is 24.3 Å². The van der Waals surface area contributed by atoms with Crippen molar-refractivity contribution in [2.45, 2.75) is 12.5 Å². The van der Waals surface area contributed by atoms with E-state index in [0.29, 0.717) is 17.7 Å². The van der Waals surface area contributed by atoms with Crippen molar-refractivity contribution in [1.29, 1.82) is 0 Å². The average molecular weight is 255 g/mol. The highest BCUT2D eigenvalue weighted by molar-refractivity contribution is 6.32. The monoisotopic (exact) mass is 254 g/mol. The maximum atomic E-state index is 6.02. The first kappa shape index (κ1) is 12.7. The minimum atomic E-state index is 0.643. The van der Waals surface area contributed by atoms with Gasteiger partial charge in [-0.25, -0.2) is 0 Å². The van der Waals surface area contributed by atoms with Crippen LogP contribution in [-0.2, 0) is 0 Å². The largest absolute Gasteiger partial charge is 0.491 e. The molecular formula is C13H19ClN2O. The predicted octanol–water partition coefficient (Wildman–Crippen LogP) is 2.01. The van der Waals surface area contributed by atoms with Crippen LogP contribution in [0.5, 0.6) is 5.75 Å². The number of hydrogen-bond acceptors (Lipinski definition) is 3. The average Bonchev–Trinajstić information content (AvgIpc) is 2.85. The maximum Gasteiger partial charge on any atom is 0.137 e. The van der Waals surface area contributed by atoms with Crippen molar-refractivity contribution in [3.8, 4) is 5.75 Å². The minimum absolute atomic E-state index is 0.643. The number of nitrogens with zero attached hydrogens (tertiary/aromatic N) is 1. The van der Waals surface area contributed by atoms with Crippen molar-refractivity contribution < 1.29 is 4.74 Å². The van der Waals surface area contributed by atoms with Crippen LogP contribution in [0.2, 0.25) is 5.02 Å². The van der Waals surface area contributed by atoms with Crippen molar-refractivity contribution in [2.24, 2.45) is 0 Å². The number of ether oxygens (including phenoxy) is 1. The zero-order valence-electron chi connectivity index (χ0n) is 10.2. The Bertz CT molecular complexity index is 353. The molecule has 17 heavy (non-hydrogen) atoms. The summed E-state index contributed by atoms with van der Waals surface area (Å²) in [5.41, 5.74) is 0. The van der Waals surface area contributed by atoms with Gasteiger partial charge in [0.05, 0.1) is 5.02 Å². The number of rotatable bonds is 5. The first-order valence-corrected chi connectivity index (χ1v) is 6.43. The summed E-state index contributed by atoms with van der Waals surface area (Å²) >= 11 is 6.02. The van der Waals surface area contributed by atoms with Gasteiger partial charge >= 0.3 is 0 Å². The number of likely N-dealkylation sites (N-methyl/N-ethyl adjacent to an activating group) is 1. The van der Waals surface area contributed by atoms with E-state index < -0.39 is 0 Å². The maximum absolute atomic E-state index is 6.02. The van der Waals surface area contributed by atoms with Gasteiger partial charge in [0, 0.05) is 19.1 Å². The fourth-order valence-corrected chi connectivity index (χ4v) is 2.25. The Balaban J connectivity index is 1.74. The van der Waals surface area contributed by atoms with Crippen molar-refractivity contribution in [1.82, 2.24) is 10.2 Å². The molecule has 0 radical (unpaired) electrons. The van der Waals surface area contributed by atoms with Gasteiger partial charge in [0.15, 0.2) is 0 Å². The van der Waals surface area contributed by atoms with Gasteiger partial charge in [-0.15, -0.1) is 0 Å². The zero-order valence-corrected chi connectivity index (χ0v) is 10.9. The lowest BCUT2D eigenvalue weighted by molar-refractivity contribution is 0.199. The highest BCUT2D eigenvalue weighted by Crippen LogP contribution is 2.22. The number of benzene rings is 1. The molecule has 1 atom stereocenters. The van der Waals surface area contributed by atoms with Gasteiger partial charge in [0.1, 0.15) is 12.4 Å². The molecule has 3 nitrogen and oxygen atoms in total. The lowest BCUT2D eigenvalue weighted by Gasteiger charge is -2.23. The van der Waals surface area contributed by atoms with Crippen molar-refractivity contribution in [3.05, 3.63) is 29.3 Å². The van der Waals surface area contributed by atoms with Crippen LogP contribution >= 0.6 is 11.6 Å². The second kappa shape index (κ2) is 6.24. The van der Waals surface area contributed by atoms with Gasteiger partial charge in [-0.3, -0.25) is 4.90 Å². The fourth-order valence-electron chi connectivity index (χ4n) is 2.06. The van der Waals surface area contributed by atoms with Crippen molar-refractivity contribution in [3.63, 3.8) is 0 Å². The van der Waals surface area contributed by atoms with Crippen LogP contribution in [-0.4, -0.2) is 44.2 Å². The van der Waals surface area contributed by atoms with E-state index in [1.165, 1.54) is 6.42 Å². The molecule has 2 rings (SSSR count). The van der Waals surface area contributed by atoms with Crippen LogP contribution in [0, 0.1) is 0 Å². The molecule has 1 N–H and O–H groups in total. The molecule has 0 bridgehead atoms. The normalized spacial score (nSPS) is 19.8. The second-order valence-corrected chi connectivity index (χ2v) is 4.81. The van der Waals surface area contributed by atoms with E-state index >= 15 is 0 Å². The van der Waals surface area contributed by atoms with Crippen molar-refractivity contribution in [2.75, 3.05) is 33.3 Å². The van der Waals surface area contributed by atoms with Gasteiger partial charge in [-0.05, 0) is 32.1 Å². The Morgan fingerprint density at radius 3 is 3.00 bits per heavy atom. The van der Waals surface area contributed by atoms with E-state index in [2.05, 4.69) is 17.3 Å². The molecule has 1 heterocycles. The van der Waals surface area contributed by atoms with E-state index in [9.17, 15) is 0 Å². The van der Waals surface area contributed by atoms with Gasteiger partial charge in [0.25, 0.3) is 0 Å². The summed E-state index contributed by atoms with van der Waals surface area (Å²) in [7, 11) is 2.15. The van der Waals surface area contributed by atoms with E-state index in [1.54, 1.807) is 0 Å². The SMILES string of the molecule is CN(CCOc1ccccc1Cl)C1CCNC1. The highest BCUT2D eigenvalue weighted by Gasteiger charge is 2.18. The summed E-state index contributed by atoms with van der Waals surface area (Å²) in [6.07, 6.45) is 1.22. The van der Waals surface area contributed by atoms with Crippen LogP contribution in [0.1, 0.15) is 6.42 Å². The molecule has 0 aromatic heterocycles. The molecule has 0 saturated carbocycles. The van der Waals surface area contributed by atoms with Gasteiger partial charge in [-0.1, -0.05) is 23.7 Å². The molecule has 0 spiro atoms. The Hall–Kier alpha value is -0.770. The van der Waals surface area contributed by atoms with Crippen LogP contribution in [0.3, 0.4) is 0 Å². The molecule has 0 amide bonds. The van der Waals surface area contributed by atoms with Crippen LogP contribution < -0.4 is 10.1 Å². The third-order valence-corrected chi connectivity index (χ3v) is 3.51. The first-order chi connectivity index (χ1) is 8.27. The minimum Gasteiger partial charge on any atom is -0.491 e. The van der Waals surface area contributed by atoms with E-state index in [-0.39, 0.29) is 0 Å². The molecule has 4 heteroatoms. The van der Waals surface area contributed by atoms with Crippen LogP contribution in [0.4, 0.5) is 0 Å². The number of para-hydroxylation sites is 1. The molecule has 1 fully saturated rings. The molecule has 1 aliphatic heterocycles. The lowest BCUT2D eigenvalue weighted by Crippen LogP contribution is -2.36. The fraction of sp³-hybridized carbons (Fsp3) is 0.538. The number of hydrogen-bond donors (Lipinski definition) is 1. The van der Waals surface area contributed by atoms with E-state index in [0.717, 1.165) is 25.4 Å². The molecule has 94 valence electrons. The molecular weight excluding hydrogens is 236 g/mol. The predicted molar refractivity (Wildman–Crippen MR) is 70.9 cm³/mol. The summed E-state index contributed by atoms with van der Waals surface area (Å²) < 4.78 is 5.67. The summed E-state index contributed by atoms with van der Waals surface area (Å²) in [5, 5.41) is 4.05. The Kier molecular flexibility index (Phi) is 4.66. The smallest absolute Gasteiger partial charge is 0.137 e. The summed E-state index contributed by atoms with van der Waals surface area (Å²) in [4.78, 5) is 2.34. The number of nitrogens with one attached hydrogen (secondary N) is 1. The number of halogens is 1. The molecule has 1 aromatic rings. The second-order valence-electron chi connectivity index (χ2n) is 4.41. The molecule has 1 saturated heterocycles. The Morgan fingerprint density at radius 1 is 1.47 bits per heavy atom. The molecule has 0 aliphatic carbocycles. The standard InChI is InChI=1S/C13H19ClN2O/c1-16(11-6-7-15-10-11)8-9-17-13-5-3-2-4-12(13)14/h2-5,11,15H,6-10H2,1H3. The first-order valence-electron chi connectivity index (χ1n) is 6.05. The summed E-state index contributed by atoms with van der Waals surface area (Å²) in [6.45, 7) is 3.82. The summed E-state index contributed by atoms with van der Waals surface area (Å²) in [6, 6.07) is 8.24. The quantitative estimate of drug-likeness (QED) is 0.870. The third kappa shape index (κ3) is 3.60. The molecule has 1 aliphatic rings. The van der Waals surface area contributed by atoms with Gasteiger partial charge in [-0.2, -0.15) is 0 Å². The third-order valence-electron chi connectivity index (χ3n) is 3.20. The lowest BCUT2D eigenvalue weighted by atomic mass is 10.2. The topological polar surface area (TPSA) is 24.5 Å². The Labute approximate surface area is 108 Å². The van der Waals surface area contributed by atoms with Gasteiger partial charge < -0.3 is 10.1 Å². The molecule has 1 aromatic carbocycles. The van der Waals surface area contributed by atoms with Crippen LogP contribution in [0.25, 0.3) is 0 Å². The molecule has 1 unspecified atom stereocenters. The van der Waals surface area contributed by atoms with Crippen molar-refractivity contribution >= 4 is 11.6 Å². The summed E-state index contributed by atoms with van der Waals surface area (Å²) in [5.74, 6) is 0.770.